The molecule has 84 valence electrons. The molecule has 2 rings (SSSR count). The van der Waals surface area contributed by atoms with E-state index in [4.69, 9.17) is 28.9 Å². The van der Waals surface area contributed by atoms with Gasteiger partial charge in [-0.25, -0.2) is 0 Å². The molecular formula is C13H13Cl2N. The summed E-state index contributed by atoms with van der Waals surface area (Å²) in [7, 11) is 0. The lowest BCUT2D eigenvalue weighted by molar-refractivity contribution is 1.07. The minimum Gasteiger partial charge on any atom is -0.326 e. The zero-order chi connectivity index (χ0) is 11.8. The first-order valence-corrected chi connectivity index (χ1v) is 5.63. The summed E-state index contributed by atoms with van der Waals surface area (Å²) in [4.78, 5) is 0. The molecule has 0 heterocycles. The van der Waals surface area contributed by atoms with Gasteiger partial charge in [0.05, 0.1) is 10.0 Å². The zero-order valence-corrected chi connectivity index (χ0v) is 10.2. The van der Waals surface area contributed by atoms with E-state index in [2.05, 4.69) is 0 Å². The lowest BCUT2D eigenvalue weighted by Gasteiger charge is -1.90. The molecule has 1 nitrogen and oxygen atoms in total. The van der Waals surface area contributed by atoms with Crippen molar-refractivity contribution in [2.75, 3.05) is 0 Å². The third-order valence-corrected chi connectivity index (χ3v) is 2.66. The Hall–Kier alpha value is -1.02. The van der Waals surface area contributed by atoms with Crippen LogP contribution >= 0.6 is 23.2 Å². The molecule has 0 aliphatic carbocycles. The van der Waals surface area contributed by atoms with E-state index in [1.165, 1.54) is 5.56 Å². The largest absolute Gasteiger partial charge is 0.326 e. The van der Waals surface area contributed by atoms with Crippen LogP contribution in [0, 0.1) is 0 Å². The van der Waals surface area contributed by atoms with E-state index in [9.17, 15) is 0 Å². The number of halogens is 2. The van der Waals surface area contributed by atoms with Crippen molar-refractivity contribution in [3.8, 4) is 0 Å². The van der Waals surface area contributed by atoms with E-state index in [0.29, 0.717) is 16.6 Å². The highest BCUT2D eigenvalue weighted by atomic mass is 35.5. The number of nitrogens with two attached hydrogens (primary N) is 1. The Balaban J connectivity index is 0.000000160. The number of hydrogen-bond acceptors (Lipinski definition) is 1. The Kier molecular flexibility index (Phi) is 5.94. The molecule has 0 saturated carbocycles. The van der Waals surface area contributed by atoms with E-state index in [1.54, 1.807) is 12.1 Å². The normalized spacial score (nSPS) is 9.19. The molecule has 0 bridgehead atoms. The maximum atomic E-state index is 5.58. The average molecular weight is 254 g/mol. The Morgan fingerprint density at radius 1 is 0.750 bits per heavy atom. The summed E-state index contributed by atoms with van der Waals surface area (Å²) in [5, 5.41) is 1.21. The van der Waals surface area contributed by atoms with Gasteiger partial charge in [-0.2, -0.15) is 0 Å². The van der Waals surface area contributed by atoms with E-state index in [1.807, 2.05) is 42.5 Å². The van der Waals surface area contributed by atoms with Crippen LogP contribution in [0.1, 0.15) is 5.56 Å². The van der Waals surface area contributed by atoms with Crippen LogP contribution in [0.25, 0.3) is 0 Å². The van der Waals surface area contributed by atoms with Gasteiger partial charge in [-0.1, -0.05) is 65.7 Å². The summed E-state index contributed by atoms with van der Waals surface area (Å²) in [6.07, 6.45) is 0. The highest BCUT2D eigenvalue weighted by molar-refractivity contribution is 6.41. The third kappa shape index (κ3) is 4.67. The first-order valence-electron chi connectivity index (χ1n) is 4.88. The summed E-state index contributed by atoms with van der Waals surface area (Å²) < 4.78 is 0. The van der Waals surface area contributed by atoms with Gasteiger partial charge in [-0.3, -0.25) is 0 Å². The SMILES string of the molecule is Clc1ccccc1Cl.NCc1ccccc1. The van der Waals surface area contributed by atoms with Crippen molar-refractivity contribution < 1.29 is 0 Å². The predicted molar refractivity (Wildman–Crippen MR) is 70.8 cm³/mol. The van der Waals surface area contributed by atoms with Crippen molar-refractivity contribution in [2.24, 2.45) is 5.73 Å². The van der Waals surface area contributed by atoms with Gasteiger partial charge in [0.1, 0.15) is 0 Å². The monoisotopic (exact) mass is 253 g/mol. The van der Waals surface area contributed by atoms with Gasteiger partial charge >= 0.3 is 0 Å². The number of hydrogen-bond donors (Lipinski definition) is 1. The summed E-state index contributed by atoms with van der Waals surface area (Å²) >= 11 is 11.2. The Bertz CT molecular complexity index is 394. The standard InChI is InChI=1S/C7H9N.C6H4Cl2/c8-6-7-4-2-1-3-5-7;7-5-3-1-2-4-6(5)8/h1-5H,6,8H2;1-4H. The van der Waals surface area contributed by atoms with Crippen molar-refractivity contribution in [1.29, 1.82) is 0 Å². The molecule has 0 amide bonds. The minimum absolute atomic E-state index is 0.606. The molecule has 0 saturated heterocycles. The predicted octanol–water partition coefficient (Wildman–Crippen LogP) is 4.14. The van der Waals surface area contributed by atoms with Crippen LogP contribution in [-0.4, -0.2) is 0 Å². The molecule has 0 fully saturated rings. The van der Waals surface area contributed by atoms with Gasteiger partial charge in [0.15, 0.2) is 0 Å². The maximum absolute atomic E-state index is 5.58. The van der Waals surface area contributed by atoms with Gasteiger partial charge in [0.25, 0.3) is 0 Å². The van der Waals surface area contributed by atoms with Crippen LogP contribution in [0.4, 0.5) is 0 Å². The van der Waals surface area contributed by atoms with Crippen molar-refractivity contribution in [3.63, 3.8) is 0 Å². The van der Waals surface area contributed by atoms with Crippen molar-refractivity contribution in [2.45, 2.75) is 6.54 Å². The van der Waals surface area contributed by atoms with Crippen molar-refractivity contribution in [1.82, 2.24) is 0 Å². The van der Waals surface area contributed by atoms with Gasteiger partial charge < -0.3 is 5.73 Å². The van der Waals surface area contributed by atoms with E-state index < -0.39 is 0 Å². The van der Waals surface area contributed by atoms with Crippen molar-refractivity contribution in [3.05, 3.63) is 70.2 Å². The summed E-state index contributed by atoms with van der Waals surface area (Å²) in [5.74, 6) is 0. The molecule has 2 aromatic rings. The maximum Gasteiger partial charge on any atom is 0.0592 e. The van der Waals surface area contributed by atoms with Crippen molar-refractivity contribution >= 4 is 23.2 Å². The highest BCUT2D eigenvalue weighted by Crippen LogP contribution is 2.19. The highest BCUT2D eigenvalue weighted by Gasteiger charge is 1.89. The Morgan fingerprint density at radius 3 is 1.50 bits per heavy atom. The molecule has 0 radical (unpaired) electrons. The molecular weight excluding hydrogens is 241 g/mol. The van der Waals surface area contributed by atoms with Gasteiger partial charge in [0.2, 0.25) is 0 Å². The fourth-order valence-electron chi connectivity index (χ4n) is 1.05. The second-order valence-corrected chi connectivity index (χ2v) is 3.92. The summed E-state index contributed by atoms with van der Waals surface area (Å²) in [6, 6.07) is 17.2. The first kappa shape index (κ1) is 13.0. The van der Waals surface area contributed by atoms with Crippen LogP contribution < -0.4 is 5.73 Å². The summed E-state index contributed by atoms with van der Waals surface area (Å²) in [5.41, 5.74) is 6.54. The molecule has 0 aliphatic heterocycles. The van der Waals surface area contributed by atoms with Crippen LogP contribution in [-0.2, 0) is 6.54 Å². The fraction of sp³-hybridized carbons (Fsp3) is 0.0769. The van der Waals surface area contributed by atoms with E-state index in [-0.39, 0.29) is 0 Å². The smallest absolute Gasteiger partial charge is 0.0592 e. The van der Waals surface area contributed by atoms with Crippen LogP contribution in [0.5, 0.6) is 0 Å². The number of benzene rings is 2. The van der Waals surface area contributed by atoms with E-state index >= 15 is 0 Å². The minimum atomic E-state index is 0.606. The summed E-state index contributed by atoms with van der Waals surface area (Å²) in [6.45, 7) is 0.640. The topological polar surface area (TPSA) is 26.0 Å². The molecule has 3 heteroatoms. The molecule has 0 atom stereocenters. The molecule has 0 aliphatic rings. The van der Waals surface area contributed by atoms with Crippen LogP contribution in [0.2, 0.25) is 10.0 Å². The first-order chi connectivity index (χ1) is 7.74. The Labute approximate surface area is 106 Å². The van der Waals surface area contributed by atoms with Gasteiger partial charge in [-0.05, 0) is 17.7 Å². The second kappa shape index (κ2) is 7.29. The Morgan fingerprint density at radius 2 is 1.19 bits per heavy atom. The molecule has 2 N–H and O–H groups in total. The fourth-order valence-corrected chi connectivity index (χ4v) is 1.32. The average Bonchev–Trinajstić information content (AvgIpc) is 2.35. The second-order valence-electron chi connectivity index (χ2n) is 3.10. The zero-order valence-electron chi connectivity index (χ0n) is 8.74. The lowest BCUT2D eigenvalue weighted by Crippen LogP contribution is -1.94. The van der Waals surface area contributed by atoms with E-state index in [0.717, 1.165) is 0 Å². The lowest BCUT2D eigenvalue weighted by atomic mass is 10.2. The van der Waals surface area contributed by atoms with Gasteiger partial charge in [0, 0.05) is 6.54 Å². The molecule has 0 aromatic heterocycles. The van der Waals surface area contributed by atoms with Crippen LogP contribution in [0.15, 0.2) is 54.6 Å². The molecule has 16 heavy (non-hydrogen) atoms. The number of rotatable bonds is 1. The molecule has 0 unspecified atom stereocenters. The third-order valence-electron chi connectivity index (χ3n) is 1.90. The quantitative estimate of drug-likeness (QED) is 0.813. The van der Waals surface area contributed by atoms with Crippen LogP contribution in [0.3, 0.4) is 0 Å². The molecule has 0 spiro atoms. The van der Waals surface area contributed by atoms with Gasteiger partial charge in [-0.15, -0.1) is 0 Å². The molecule has 2 aromatic carbocycles.